The number of fused-ring (bicyclic) bond motifs is 1. The van der Waals surface area contributed by atoms with Crippen LogP contribution in [-0.4, -0.2) is 40.6 Å². The highest BCUT2D eigenvalue weighted by molar-refractivity contribution is 7.15. The summed E-state index contributed by atoms with van der Waals surface area (Å²) in [6, 6.07) is -0.319. The Morgan fingerprint density at radius 2 is 2.19 bits per heavy atom. The molecule has 0 aliphatic heterocycles. The van der Waals surface area contributed by atoms with Crippen molar-refractivity contribution in [3.05, 3.63) is 10.6 Å². The van der Waals surface area contributed by atoms with Gasteiger partial charge in [0.15, 0.2) is 5.13 Å². The molecule has 1 aliphatic carbocycles. The number of urea groups is 1. The van der Waals surface area contributed by atoms with Gasteiger partial charge in [0.25, 0.3) is 0 Å². The molecule has 0 saturated heterocycles. The molecule has 1 aliphatic rings. The fourth-order valence-electron chi connectivity index (χ4n) is 2.46. The Hall–Kier alpha value is -1.63. The summed E-state index contributed by atoms with van der Waals surface area (Å²) < 4.78 is 0. The SMILES string of the molecule is CN(CCC(=O)O)C(=O)Nc1nc2c(s1)CCCC2(C)C. The maximum absolute atomic E-state index is 12.0. The molecule has 0 spiro atoms. The Morgan fingerprint density at radius 1 is 1.48 bits per heavy atom. The van der Waals surface area contributed by atoms with E-state index >= 15 is 0 Å². The number of carbonyl (C=O) groups excluding carboxylic acids is 1. The highest BCUT2D eigenvalue weighted by Crippen LogP contribution is 2.40. The zero-order chi connectivity index (χ0) is 15.6. The lowest BCUT2D eigenvalue weighted by Gasteiger charge is -2.27. The largest absolute Gasteiger partial charge is 0.481 e. The summed E-state index contributed by atoms with van der Waals surface area (Å²) in [6.45, 7) is 4.53. The molecule has 2 N–H and O–H groups in total. The van der Waals surface area contributed by atoms with E-state index in [0.29, 0.717) is 5.13 Å². The Balaban J connectivity index is 2.02. The van der Waals surface area contributed by atoms with Crippen LogP contribution in [0.1, 0.15) is 43.7 Å². The van der Waals surface area contributed by atoms with Gasteiger partial charge in [-0.1, -0.05) is 13.8 Å². The molecule has 2 rings (SSSR count). The van der Waals surface area contributed by atoms with Crippen LogP contribution in [0.4, 0.5) is 9.93 Å². The lowest BCUT2D eigenvalue weighted by molar-refractivity contribution is -0.137. The third-order valence-electron chi connectivity index (χ3n) is 3.77. The third-order valence-corrected chi connectivity index (χ3v) is 4.80. The minimum Gasteiger partial charge on any atom is -0.481 e. The zero-order valence-corrected chi connectivity index (χ0v) is 13.4. The number of thiazole rings is 1. The van der Waals surface area contributed by atoms with Gasteiger partial charge in [0.05, 0.1) is 12.1 Å². The van der Waals surface area contributed by atoms with Crippen LogP contribution in [0.25, 0.3) is 0 Å². The maximum atomic E-state index is 12.0. The summed E-state index contributed by atoms with van der Waals surface area (Å²) in [5.74, 6) is -0.916. The predicted octanol–water partition coefficient (Wildman–Crippen LogP) is 2.70. The fourth-order valence-corrected chi connectivity index (χ4v) is 3.64. The molecule has 7 heteroatoms. The van der Waals surface area contributed by atoms with Crippen LogP contribution >= 0.6 is 11.3 Å². The van der Waals surface area contributed by atoms with E-state index in [0.717, 1.165) is 25.0 Å². The van der Waals surface area contributed by atoms with Crippen molar-refractivity contribution in [2.75, 3.05) is 18.9 Å². The van der Waals surface area contributed by atoms with Gasteiger partial charge >= 0.3 is 12.0 Å². The molecule has 0 bridgehead atoms. The van der Waals surface area contributed by atoms with E-state index in [1.807, 2.05) is 0 Å². The zero-order valence-electron chi connectivity index (χ0n) is 12.6. The Labute approximate surface area is 128 Å². The third kappa shape index (κ3) is 3.72. The molecule has 0 radical (unpaired) electrons. The number of carboxylic acid groups (broad SMARTS) is 1. The molecule has 116 valence electrons. The molecule has 0 saturated carbocycles. The average molecular weight is 311 g/mol. The van der Waals surface area contributed by atoms with Gasteiger partial charge in [0.2, 0.25) is 0 Å². The Morgan fingerprint density at radius 3 is 2.81 bits per heavy atom. The number of aromatic nitrogens is 1. The van der Waals surface area contributed by atoms with Crippen molar-refractivity contribution < 1.29 is 14.7 Å². The Kier molecular flexibility index (Phi) is 4.51. The first-order chi connectivity index (χ1) is 9.79. The van der Waals surface area contributed by atoms with E-state index in [2.05, 4.69) is 24.1 Å². The van der Waals surface area contributed by atoms with E-state index in [1.54, 1.807) is 7.05 Å². The van der Waals surface area contributed by atoms with Gasteiger partial charge in [-0.3, -0.25) is 10.1 Å². The van der Waals surface area contributed by atoms with Crippen molar-refractivity contribution in [3.8, 4) is 0 Å². The molecule has 0 fully saturated rings. The quantitative estimate of drug-likeness (QED) is 0.895. The number of amides is 2. The molecule has 2 amide bonds. The predicted molar refractivity (Wildman–Crippen MR) is 82.0 cm³/mol. The van der Waals surface area contributed by atoms with Gasteiger partial charge in [-0.15, -0.1) is 11.3 Å². The van der Waals surface area contributed by atoms with E-state index in [1.165, 1.54) is 21.1 Å². The van der Waals surface area contributed by atoms with Crippen molar-refractivity contribution in [2.45, 2.75) is 44.9 Å². The normalized spacial score (nSPS) is 16.1. The van der Waals surface area contributed by atoms with Crippen LogP contribution < -0.4 is 5.32 Å². The maximum Gasteiger partial charge on any atom is 0.323 e. The number of aliphatic carboxylic acids is 1. The average Bonchev–Trinajstić information content (AvgIpc) is 2.79. The fraction of sp³-hybridized carbons (Fsp3) is 0.643. The molecule has 1 heterocycles. The van der Waals surface area contributed by atoms with Crippen molar-refractivity contribution in [1.29, 1.82) is 0 Å². The van der Waals surface area contributed by atoms with Gasteiger partial charge in [-0.05, 0) is 19.3 Å². The van der Waals surface area contributed by atoms with Gasteiger partial charge in [0, 0.05) is 23.9 Å². The summed E-state index contributed by atoms with van der Waals surface area (Å²) in [6.07, 6.45) is 3.20. The standard InChI is InChI=1S/C14H21N3O3S/c1-14(2)7-4-5-9-11(14)15-12(21-9)16-13(20)17(3)8-6-10(18)19/h4-8H2,1-3H3,(H,18,19)(H,15,16,20). The first-order valence-electron chi connectivity index (χ1n) is 7.04. The van der Waals surface area contributed by atoms with Gasteiger partial charge in [-0.25, -0.2) is 9.78 Å². The number of anilines is 1. The molecule has 1 aromatic rings. The molecule has 21 heavy (non-hydrogen) atoms. The molecule has 0 aromatic carbocycles. The topological polar surface area (TPSA) is 82.5 Å². The summed E-state index contributed by atoms with van der Waals surface area (Å²) in [5, 5.41) is 12.0. The second kappa shape index (κ2) is 6.01. The van der Waals surface area contributed by atoms with Crippen LogP contribution in [0.2, 0.25) is 0 Å². The van der Waals surface area contributed by atoms with Crippen molar-refractivity contribution in [3.63, 3.8) is 0 Å². The minimum atomic E-state index is -0.916. The summed E-state index contributed by atoms with van der Waals surface area (Å²) in [4.78, 5) is 29.7. The summed E-state index contributed by atoms with van der Waals surface area (Å²) in [7, 11) is 1.58. The molecular formula is C14H21N3O3S. The minimum absolute atomic E-state index is 0.0578. The number of rotatable bonds is 4. The summed E-state index contributed by atoms with van der Waals surface area (Å²) >= 11 is 1.52. The molecule has 0 atom stereocenters. The van der Waals surface area contributed by atoms with Crippen LogP contribution in [0, 0.1) is 0 Å². The number of hydrogen-bond acceptors (Lipinski definition) is 4. The number of hydrogen-bond donors (Lipinski definition) is 2. The number of carbonyl (C=O) groups is 2. The van der Waals surface area contributed by atoms with E-state index in [9.17, 15) is 9.59 Å². The van der Waals surface area contributed by atoms with Crippen LogP contribution in [-0.2, 0) is 16.6 Å². The second-order valence-electron chi connectivity index (χ2n) is 6.02. The molecule has 0 unspecified atom stereocenters. The molecule has 1 aromatic heterocycles. The summed E-state index contributed by atoms with van der Waals surface area (Å²) in [5.41, 5.74) is 1.14. The Bertz CT molecular complexity index is 554. The number of nitrogens with zero attached hydrogens (tertiary/aromatic N) is 2. The molecule has 6 nitrogen and oxygen atoms in total. The van der Waals surface area contributed by atoms with Gasteiger partial charge in [-0.2, -0.15) is 0 Å². The number of carboxylic acids is 1. The smallest absolute Gasteiger partial charge is 0.323 e. The van der Waals surface area contributed by atoms with Crippen molar-refractivity contribution >= 4 is 28.5 Å². The first-order valence-corrected chi connectivity index (χ1v) is 7.85. The lowest BCUT2D eigenvalue weighted by atomic mass is 9.79. The highest BCUT2D eigenvalue weighted by Gasteiger charge is 2.31. The van der Waals surface area contributed by atoms with E-state index < -0.39 is 5.97 Å². The van der Waals surface area contributed by atoms with Gasteiger partial charge < -0.3 is 10.0 Å². The van der Waals surface area contributed by atoms with Gasteiger partial charge in [0.1, 0.15) is 0 Å². The lowest BCUT2D eigenvalue weighted by Crippen LogP contribution is -2.33. The van der Waals surface area contributed by atoms with Crippen LogP contribution in [0.5, 0.6) is 0 Å². The number of nitrogens with one attached hydrogen (secondary N) is 1. The monoisotopic (exact) mass is 311 g/mol. The van der Waals surface area contributed by atoms with Crippen LogP contribution in [0.3, 0.4) is 0 Å². The van der Waals surface area contributed by atoms with E-state index in [-0.39, 0.29) is 24.4 Å². The van der Waals surface area contributed by atoms with Crippen LogP contribution in [0.15, 0.2) is 0 Å². The second-order valence-corrected chi connectivity index (χ2v) is 7.11. The molecular weight excluding hydrogens is 290 g/mol. The first kappa shape index (κ1) is 15.8. The van der Waals surface area contributed by atoms with Crippen molar-refractivity contribution in [2.24, 2.45) is 0 Å². The van der Waals surface area contributed by atoms with E-state index in [4.69, 9.17) is 5.11 Å². The highest BCUT2D eigenvalue weighted by atomic mass is 32.1. The number of aryl methyl sites for hydroxylation is 1. The van der Waals surface area contributed by atoms with Crippen molar-refractivity contribution in [1.82, 2.24) is 9.88 Å².